The maximum atomic E-state index is 13.1. The van der Waals surface area contributed by atoms with Gasteiger partial charge >= 0.3 is 0 Å². The molecule has 0 atom stereocenters. The zero-order chi connectivity index (χ0) is 18.7. The second kappa shape index (κ2) is 7.06. The van der Waals surface area contributed by atoms with Crippen molar-refractivity contribution in [3.05, 3.63) is 77.9 Å². The molecule has 2 N–H and O–H groups in total. The highest BCUT2D eigenvalue weighted by Gasteiger charge is 2.16. The van der Waals surface area contributed by atoms with Gasteiger partial charge in [0, 0.05) is 5.56 Å². The van der Waals surface area contributed by atoms with Crippen molar-refractivity contribution >= 4 is 15.9 Å². The Morgan fingerprint density at radius 2 is 1.88 bits per heavy atom. The molecule has 0 spiro atoms. The number of aromatic nitrogens is 2. The first kappa shape index (κ1) is 17.8. The number of hydrogen-bond donors (Lipinski definition) is 2. The van der Waals surface area contributed by atoms with E-state index in [4.69, 9.17) is 0 Å². The summed E-state index contributed by atoms with van der Waals surface area (Å²) >= 11 is 0. The summed E-state index contributed by atoms with van der Waals surface area (Å²) in [5.41, 5.74) is 3.58. The van der Waals surface area contributed by atoms with Crippen LogP contribution in [0.4, 0.5) is 4.39 Å². The Morgan fingerprint density at radius 1 is 1.15 bits per heavy atom. The van der Waals surface area contributed by atoms with Crippen LogP contribution in [0.3, 0.4) is 0 Å². The van der Waals surface area contributed by atoms with Crippen LogP contribution >= 0.6 is 0 Å². The highest BCUT2D eigenvalue weighted by molar-refractivity contribution is 7.89. The van der Waals surface area contributed by atoms with Gasteiger partial charge in [-0.05, 0) is 42.8 Å². The van der Waals surface area contributed by atoms with Crippen molar-refractivity contribution in [2.24, 2.45) is 0 Å². The number of aryl methyl sites for hydroxylation is 1. The third-order valence-electron chi connectivity index (χ3n) is 3.49. The van der Waals surface area contributed by atoms with Crippen molar-refractivity contribution in [2.75, 3.05) is 0 Å². The molecular formula is C17H15FN4O3S. The Bertz CT molecular complexity index is 1050. The standard InChI is InChI=1S/C17H15FN4O3S/c1-12-7-13(9-15(8-12)22-11-14(18)10-19-22)17(23)20-21-26(24,25)16-5-3-2-4-6-16/h2-11,21H,1H3,(H,20,23). The van der Waals surface area contributed by atoms with Crippen LogP contribution in [0, 0.1) is 12.7 Å². The number of halogens is 1. The van der Waals surface area contributed by atoms with Crippen LogP contribution < -0.4 is 10.3 Å². The summed E-state index contributed by atoms with van der Waals surface area (Å²) in [5.74, 6) is -1.16. The summed E-state index contributed by atoms with van der Waals surface area (Å²) in [5, 5.41) is 3.85. The van der Waals surface area contributed by atoms with E-state index in [1.165, 1.54) is 29.1 Å². The first-order valence-electron chi connectivity index (χ1n) is 7.54. The average molecular weight is 374 g/mol. The van der Waals surface area contributed by atoms with Crippen molar-refractivity contribution < 1.29 is 17.6 Å². The number of nitrogens with one attached hydrogen (secondary N) is 2. The lowest BCUT2D eigenvalue weighted by Gasteiger charge is -2.10. The topological polar surface area (TPSA) is 93.1 Å². The highest BCUT2D eigenvalue weighted by atomic mass is 32.2. The molecule has 9 heteroatoms. The Labute approximate surface area is 149 Å². The lowest BCUT2D eigenvalue weighted by molar-refractivity contribution is 0.0945. The number of amides is 1. The smallest absolute Gasteiger partial charge is 0.266 e. The van der Waals surface area contributed by atoms with E-state index in [1.807, 2.05) is 4.83 Å². The van der Waals surface area contributed by atoms with Crippen LogP contribution in [0.2, 0.25) is 0 Å². The summed E-state index contributed by atoms with van der Waals surface area (Å²) < 4.78 is 38.7. The van der Waals surface area contributed by atoms with E-state index < -0.39 is 21.7 Å². The van der Waals surface area contributed by atoms with Crippen molar-refractivity contribution in [2.45, 2.75) is 11.8 Å². The molecule has 0 aliphatic rings. The van der Waals surface area contributed by atoms with Gasteiger partial charge in [0.1, 0.15) is 0 Å². The van der Waals surface area contributed by atoms with Gasteiger partial charge in [-0.3, -0.25) is 10.2 Å². The van der Waals surface area contributed by atoms with Crippen LogP contribution in [0.25, 0.3) is 5.69 Å². The summed E-state index contributed by atoms with van der Waals surface area (Å²) in [7, 11) is -3.88. The summed E-state index contributed by atoms with van der Waals surface area (Å²) in [6, 6.07) is 12.4. The number of sulfonamides is 1. The van der Waals surface area contributed by atoms with Gasteiger partial charge in [0.2, 0.25) is 0 Å². The van der Waals surface area contributed by atoms with Gasteiger partial charge in [-0.2, -0.15) is 5.10 Å². The zero-order valence-corrected chi connectivity index (χ0v) is 14.5. The number of carbonyl (C=O) groups is 1. The van der Waals surface area contributed by atoms with Gasteiger partial charge in [0.05, 0.1) is 23.0 Å². The largest absolute Gasteiger partial charge is 0.273 e. The molecule has 3 rings (SSSR count). The molecule has 0 saturated carbocycles. The number of benzene rings is 2. The average Bonchev–Trinajstić information content (AvgIpc) is 3.06. The third kappa shape index (κ3) is 3.95. The molecule has 0 unspecified atom stereocenters. The van der Waals surface area contributed by atoms with E-state index >= 15 is 0 Å². The van der Waals surface area contributed by atoms with E-state index in [2.05, 4.69) is 10.5 Å². The molecule has 1 aromatic heterocycles. The second-order valence-electron chi connectivity index (χ2n) is 5.53. The summed E-state index contributed by atoms with van der Waals surface area (Å²) in [6.07, 6.45) is 2.23. The molecular weight excluding hydrogens is 359 g/mol. The normalized spacial score (nSPS) is 11.3. The van der Waals surface area contributed by atoms with Gasteiger partial charge < -0.3 is 0 Å². The summed E-state index contributed by atoms with van der Waals surface area (Å²) in [6.45, 7) is 1.76. The van der Waals surface area contributed by atoms with Gasteiger partial charge in [-0.1, -0.05) is 18.2 Å². The second-order valence-corrected chi connectivity index (χ2v) is 7.22. The molecule has 2 aromatic carbocycles. The van der Waals surface area contributed by atoms with Crippen LogP contribution in [0.1, 0.15) is 15.9 Å². The molecule has 0 fully saturated rings. The molecule has 0 radical (unpaired) electrons. The molecule has 0 aliphatic heterocycles. The van der Waals surface area contributed by atoms with Crippen molar-refractivity contribution in [3.63, 3.8) is 0 Å². The van der Waals surface area contributed by atoms with Crippen LogP contribution in [0.5, 0.6) is 0 Å². The molecule has 1 amide bonds. The van der Waals surface area contributed by atoms with Crippen molar-refractivity contribution in [1.29, 1.82) is 0 Å². The first-order valence-corrected chi connectivity index (χ1v) is 9.03. The minimum Gasteiger partial charge on any atom is -0.273 e. The number of rotatable bonds is 5. The van der Waals surface area contributed by atoms with Crippen LogP contribution in [0.15, 0.2) is 65.8 Å². The van der Waals surface area contributed by atoms with Gasteiger partial charge in [-0.15, -0.1) is 4.83 Å². The fraction of sp³-hybridized carbons (Fsp3) is 0.0588. The van der Waals surface area contributed by atoms with E-state index in [0.29, 0.717) is 5.69 Å². The molecule has 7 nitrogen and oxygen atoms in total. The number of carbonyl (C=O) groups excluding carboxylic acids is 1. The zero-order valence-electron chi connectivity index (χ0n) is 13.7. The number of hydrogen-bond acceptors (Lipinski definition) is 4. The minimum absolute atomic E-state index is 0.0252. The van der Waals surface area contributed by atoms with Crippen LogP contribution in [-0.4, -0.2) is 24.1 Å². The molecule has 134 valence electrons. The molecule has 3 aromatic rings. The van der Waals surface area contributed by atoms with Crippen LogP contribution in [-0.2, 0) is 10.0 Å². The van der Waals surface area contributed by atoms with Crippen molar-refractivity contribution in [1.82, 2.24) is 20.0 Å². The lowest BCUT2D eigenvalue weighted by Crippen LogP contribution is -2.41. The Morgan fingerprint density at radius 3 is 2.54 bits per heavy atom. The maximum absolute atomic E-state index is 13.1. The minimum atomic E-state index is -3.88. The van der Waals surface area contributed by atoms with E-state index in [0.717, 1.165) is 11.8 Å². The maximum Gasteiger partial charge on any atom is 0.266 e. The monoisotopic (exact) mass is 374 g/mol. The van der Waals surface area contributed by atoms with E-state index in [1.54, 1.807) is 37.3 Å². The lowest BCUT2D eigenvalue weighted by atomic mass is 10.1. The van der Waals surface area contributed by atoms with Gasteiger partial charge in [0.25, 0.3) is 15.9 Å². The van der Waals surface area contributed by atoms with Crippen molar-refractivity contribution in [3.8, 4) is 5.69 Å². The SMILES string of the molecule is Cc1cc(C(=O)NNS(=O)(=O)c2ccccc2)cc(-n2cc(F)cn2)c1. The summed E-state index contributed by atoms with van der Waals surface area (Å²) in [4.78, 5) is 14.4. The first-order chi connectivity index (χ1) is 12.3. The molecule has 26 heavy (non-hydrogen) atoms. The Kier molecular flexibility index (Phi) is 4.83. The number of hydrazine groups is 1. The highest BCUT2D eigenvalue weighted by Crippen LogP contribution is 2.14. The van der Waals surface area contributed by atoms with E-state index in [9.17, 15) is 17.6 Å². The Balaban J connectivity index is 1.79. The van der Waals surface area contributed by atoms with E-state index in [-0.39, 0.29) is 10.5 Å². The van der Waals surface area contributed by atoms with Gasteiger partial charge in [-0.25, -0.2) is 17.5 Å². The van der Waals surface area contributed by atoms with Gasteiger partial charge in [0.15, 0.2) is 5.82 Å². The fourth-order valence-corrected chi connectivity index (χ4v) is 3.17. The predicted octanol–water partition coefficient (Wildman–Crippen LogP) is 1.94. The predicted molar refractivity (Wildman–Crippen MR) is 92.5 cm³/mol. The molecule has 0 saturated heterocycles. The molecule has 0 bridgehead atoms. The molecule has 1 heterocycles. The quantitative estimate of drug-likeness (QED) is 0.668. The fourth-order valence-electron chi connectivity index (χ4n) is 2.31. The molecule has 0 aliphatic carbocycles. The Hall–Kier alpha value is -3.04. The third-order valence-corrected chi connectivity index (χ3v) is 4.76. The number of nitrogens with zero attached hydrogens (tertiary/aromatic N) is 2.